The van der Waals surface area contributed by atoms with Crippen LogP contribution in [0, 0.1) is 0 Å². The first kappa shape index (κ1) is 19.7. The van der Waals surface area contributed by atoms with Crippen molar-refractivity contribution in [2.75, 3.05) is 0 Å². The van der Waals surface area contributed by atoms with E-state index in [1.165, 1.54) is 0 Å². The maximum atomic E-state index is 13.3. The van der Waals surface area contributed by atoms with Crippen LogP contribution in [0.25, 0.3) is 21.8 Å². The summed E-state index contributed by atoms with van der Waals surface area (Å²) in [4.78, 5) is 30.7. The van der Waals surface area contributed by atoms with Gasteiger partial charge >= 0.3 is 0 Å². The van der Waals surface area contributed by atoms with Crippen molar-refractivity contribution in [1.82, 2.24) is 14.9 Å². The number of carbonyl (C=O) groups is 1. The van der Waals surface area contributed by atoms with Gasteiger partial charge in [-0.3, -0.25) is 14.6 Å². The predicted molar refractivity (Wildman–Crippen MR) is 126 cm³/mol. The topological polar surface area (TPSA) is 64.0 Å². The lowest BCUT2D eigenvalue weighted by Crippen LogP contribution is -2.33. The summed E-state index contributed by atoms with van der Waals surface area (Å²) in [5, 5.41) is 4.34. The van der Waals surface area contributed by atoms with Gasteiger partial charge in [0, 0.05) is 17.0 Å². The van der Waals surface area contributed by atoms with Gasteiger partial charge in [-0.2, -0.15) is 0 Å². The summed E-state index contributed by atoms with van der Waals surface area (Å²) >= 11 is 0. The van der Waals surface area contributed by atoms with Crippen LogP contribution < -0.4 is 10.7 Å². The number of rotatable bonds is 5. The van der Waals surface area contributed by atoms with Crippen molar-refractivity contribution in [2.24, 2.45) is 0 Å². The minimum atomic E-state index is -0.373. The second-order valence-electron chi connectivity index (χ2n) is 7.62. The molecule has 0 saturated carbocycles. The molecule has 2 heterocycles. The average molecular weight is 419 g/mol. The first-order valence-electron chi connectivity index (χ1n) is 10.5. The number of para-hydroxylation sites is 2. The van der Waals surface area contributed by atoms with Crippen molar-refractivity contribution >= 4 is 27.7 Å². The molecule has 0 saturated heterocycles. The van der Waals surface area contributed by atoms with Gasteiger partial charge in [-0.05, 0) is 42.0 Å². The Kier molecular flexibility index (Phi) is 5.22. The highest BCUT2D eigenvalue weighted by atomic mass is 16.2. The van der Waals surface area contributed by atoms with Crippen molar-refractivity contribution in [1.29, 1.82) is 0 Å². The highest BCUT2D eigenvalue weighted by molar-refractivity contribution is 5.94. The van der Waals surface area contributed by atoms with E-state index in [0.717, 1.165) is 22.3 Å². The Morgan fingerprint density at radius 3 is 2.00 bits per heavy atom. The van der Waals surface area contributed by atoms with Crippen LogP contribution in [-0.4, -0.2) is 15.5 Å². The molecule has 1 atom stereocenters. The number of hydrogen-bond donors (Lipinski definition) is 1. The standard InChI is InChI=1S/C27H21N3O2/c31-25(29-26(19-10-2-1-3-11-19)22-14-8-9-17-28-22)18-30-23-15-6-4-12-20(23)27(32)21-13-5-7-16-24(21)30/h1-17,26H,18H2,(H,29,31). The van der Waals surface area contributed by atoms with E-state index in [4.69, 9.17) is 0 Å². The highest BCUT2D eigenvalue weighted by Crippen LogP contribution is 2.22. The van der Waals surface area contributed by atoms with Gasteiger partial charge in [0.25, 0.3) is 0 Å². The van der Waals surface area contributed by atoms with Gasteiger partial charge in [0.05, 0.1) is 22.8 Å². The number of nitrogens with zero attached hydrogens (tertiary/aromatic N) is 2. The molecule has 0 fully saturated rings. The number of fused-ring (bicyclic) bond motifs is 2. The summed E-state index contributed by atoms with van der Waals surface area (Å²) in [5.41, 5.74) is 3.17. The highest BCUT2D eigenvalue weighted by Gasteiger charge is 2.19. The number of carbonyl (C=O) groups excluding carboxylic acids is 1. The van der Waals surface area contributed by atoms with Crippen LogP contribution in [0.15, 0.2) is 108 Å². The van der Waals surface area contributed by atoms with Crippen molar-refractivity contribution in [3.8, 4) is 0 Å². The van der Waals surface area contributed by atoms with Crippen LogP contribution in [0.4, 0.5) is 0 Å². The Labute approximate surface area is 185 Å². The van der Waals surface area contributed by atoms with E-state index < -0.39 is 0 Å². The molecule has 0 radical (unpaired) electrons. The number of amides is 1. The Bertz CT molecular complexity index is 1360. The smallest absolute Gasteiger partial charge is 0.240 e. The van der Waals surface area contributed by atoms with E-state index >= 15 is 0 Å². The van der Waals surface area contributed by atoms with Gasteiger partial charge in [-0.1, -0.05) is 60.7 Å². The monoisotopic (exact) mass is 419 g/mol. The van der Waals surface area contributed by atoms with E-state index in [0.29, 0.717) is 10.8 Å². The number of benzene rings is 3. The molecule has 1 N–H and O–H groups in total. The van der Waals surface area contributed by atoms with Crippen LogP contribution in [0.3, 0.4) is 0 Å². The molecular formula is C27H21N3O2. The molecule has 1 unspecified atom stereocenters. The minimum absolute atomic E-state index is 0.0245. The summed E-state index contributed by atoms with van der Waals surface area (Å²) in [6, 6.07) is 29.9. The van der Waals surface area contributed by atoms with E-state index in [9.17, 15) is 9.59 Å². The molecule has 32 heavy (non-hydrogen) atoms. The molecule has 3 aromatic carbocycles. The third kappa shape index (κ3) is 3.65. The molecule has 0 aliphatic carbocycles. The normalized spacial score (nSPS) is 12.0. The second kappa shape index (κ2) is 8.47. The summed E-state index contributed by atoms with van der Waals surface area (Å²) in [6.45, 7) is 0.0808. The van der Waals surface area contributed by atoms with Crippen LogP contribution in [0.1, 0.15) is 17.3 Å². The molecule has 0 aliphatic heterocycles. The molecule has 2 aromatic heterocycles. The molecule has 5 rings (SSSR count). The van der Waals surface area contributed by atoms with E-state index in [1.54, 1.807) is 18.3 Å². The van der Waals surface area contributed by atoms with E-state index in [2.05, 4.69) is 10.3 Å². The minimum Gasteiger partial charge on any atom is -0.342 e. The Hall–Kier alpha value is -4.25. The van der Waals surface area contributed by atoms with E-state index in [-0.39, 0.29) is 23.9 Å². The lowest BCUT2D eigenvalue weighted by Gasteiger charge is -2.20. The SMILES string of the molecule is O=C(Cn1c2ccccc2c(=O)c2ccccc21)NC(c1ccccc1)c1ccccn1. The molecular weight excluding hydrogens is 398 g/mol. The zero-order chi connectivity index (χ0) is 21.9. The van der Waals surface area contributed by atoms with Gasteiger partial charge in [-0.25, -0.2) is 0 Å². The maximum absolute atomic E-state index is 13.3. The van der Waals surface area contributed by atoms with Gasteiger partial charge < -0.3 is 9.88 Å². The van der Waals surface area contributed by atoms with Gasteiger partial charge in [-0.15, -0.1) is 0 Å². The predicted octanol–water partition coefficient (Wildman–Crippen LogP) is 4.46. The molecule has 0 spiro atoms. The fourth-order valence-electron chi connectivity index (χ4n) is 4.12. The fraction of sp³-hybridized carbons (Fsp3) is 0.0741. The molecule has 5 heteroatoms. The Morgan fingerprint density at radius 2 is 1.38 bits per heavy atom. The summed E-state index contributed by atoms with van der Waals surface area (Å²) < 4.78 is 1.90. The average Bonchev–Trinajstić information content (AvgIpc) is 2.86. The largest absolute Gasteiger partial charge is 0.342 e. The summed E-state index contributed by atoms with van der Waals surface area (Å²) in [6.07, 6.45) is 1.72. The molecule has 156 valence electrons. The first-order valence-corrected chi connectivity index (χ1v) is 10.5. The maximum Gasteiger partial charge on any atom is 0.240 e. The number of nitrogens with one attached hydrogen (secondary N) is 1. The Balaban J connectivity index is 1.56. The Morgan fingerprint density at radius 1 is 0.781 bits per heavy atom. The summed E-state index contributed by atoms with van der Waals surface area (Å²) in [5.74, 6) is -0.163. The van der Waals surface area contributed by atoms with Crippen molar-refractivity contribution in [3.05, 3.63) is 125 Å². The van der Waals surface area contributed by atoms with Gasteiger partial charge in [0.1, 0.15) is 6.54 Å². The second-order valence-corrected chi connectivity index (χ2v) is 7.62. The number of pyridine rings is 2. The lowest BCUT2D eigenvalue weighted by molar-refractivity contribution is -0.122. The van der Waals surface area contributed by atoms with Crippen molar-refractivity contribution in [3.63, 3.8) is 0 Å². The van der Waals surface area contributed by atoms with Crippen molar-refractivity contribution < 1.29 is 4.79 Å². The zero-order valence-corrected chi connectivity index (χ0v) is 17.3. The van der Waals surface area contributed by atoms with E-state index in [1.807, 2.05) is 89.5 Å². The third-order valence-electron chi connectivity index (χ3n) is 5.60. The fourth-order valence-corrected chi connectivity index (χ4v) is 4.12. The first-order chi connectivity index (χ1) is 15.7. The van der Waals surface area contributed by atoms with Crippen molar-refractivity contribution in [2.45, 2.75) is 12.6 Å². The molecule has 5 nitrogen and oxygen atoms in total. The van der Waals surface area contributed by atoms with Crippen LogP contribution in [0.5, 0.6) is 0 Å². The third-order valence-corrected chi connectivity index (χ3v) is 5.60. The van der Waals surface area contributed by atoms with Gasteiger partial charge in [0.2, 0.25) is 5.91 Å². The quantitative estimate of drug-likeness (QED) is 0.428. The molecule has 0 aliphatic rings. The molecule has 5 aromatic rings. The van der Waals surface area contributed by atoms with Crippen LogP contribution >= 0.6 is 0 Å². The molecule has 1 amide bonds. The molecule has 0 bridgehead atoms. The zero-order valence-electron chi connectivity index (χ0n) is 17.3. The number of hydrogen-bond acceptors (Lipinski definition) is 3. The van der Waals surface area contributed by atoms with Gasteiger partial charge in [0.15, 0.2) is 5.43 Å². The van der Waals surface area contributed by atoms with Crippen LogP contribution in [-0.2, 0) is 11.3 Å². The summed E-state index contributed by atoms with van der Waals surface area (Å²) in [7, 11) is 0. The number of aromatic nitrogens is 2. The van der Waals surface area contributed by atoms with Crippen LogP contribution in [0.2, 0.25) is 0 Å². The lowest BCUT2D eigenvalue weighted by atomic mass is 10.0.